The van der Waals surface area contributed by atoms with Crippen molar-refractivity contribution in [1.82, 2.24) is 0 Å². The number of hydrogen-bond acceptors (Lipinski definition) is 3. The van der Waals surface area contributed by atoms with Gasteiger partial charge >= 0.3 is 0 Å². The third-order valence-electron chi connectivity index (χ3n) is 3.19. The second-order valence-corrected chi connectivity index (χ2v) is 6.00. The van der Waals surface area contributed by atoms with Gasteiger partial charge in [-0.2, -0.15) is 0 Å². The quantitative estimate of drug-likeness (QED) is 0.833. The van der Waals surface area contributed by atoms with Crippen molar-refractivity contribution < 1.29 is 4.79 Å². The highest BCUT2D eigenvalue weighted by atomic mass is 79.9. The van der Waals surface area contributed by atoms with Crippen LogP contribution >= 0.6 is 15.9 Å². The van der Waals surface area contributed by atoms with Gasteiger partial charge < -0.3 is 16.0 Å². The first kappa shape index (κ1) is 15.4. The van der Waals surface area contributed by atoms with Crippen LogP contribution in [0.15, 0.2) is 40.9 Å². The van der Waals surface area contributed by atoms with Crippen molar-refractivity contribution in [3.05, 3.63) is 52.0 Å². The zero-order chi connectivity index (χ0) is 15.6. The fraction of sp³-hybridized carbons (Fsp3) is 0.188. The zero-order valence-corrected chi connectivity index (χ0v) is 13.9. The van der Waals surface area contributed by atoms with Crippen LogP contribution in [0.4, 0.5) is 17.1 Å². The van der Waals surface area contributed by atoms with Crippen molar-refractivity contribution in [3.8, 4) is 0 Å². The van der Waals surface area contributed by atoms with Gasteiger partial charge in [-0.1, -0.05) is 22.0 Å². The van der Waals surface area contributed by atoms with Crippen molar-refractivity contribution in [3.63, 3.8) is 0 Å². The van der Waals surface area contributed by atoms with E-state index >= 15 is 0 Å². The van der Waals surface area contributed by atoms with E-state index in [1.165, 1.54) is 0 Å². The van der Waals surface area contributed by atoms with Gasteiger partial charge in [-0.3, -0.25) is 4.79 Å². The van der Waals surface area contributed by atoms with Gasteiger partial charge in [0, 0.05) is 29.8 Å². The molecule has 0 unspecified atom stereocenters. The minimum atomic E-state index is -0.171. The molecule has 5 heteroatoms. The van der Waals surface area contributed by atoms with E-state index in [0.29, 0.717) is 16.9 Å². The maximum absolute atomic E-state index is 12.4. The highest BCUT2D eigenvalue weighted by Crippen LogP contribution is 2.28. The number of carbonyl (C=O) groups excluding carboxylic acids is 1. The number of nitrogens with zero attached hydrogens (tertiary/aromatic N) is 1. The highest BCUT2D eigenvalue weighted by Gasteiger charge is 2.11. The maximum atomic E-state index is 12.4. The Hall–Kier alpha value is -2.01. The topological polar surface area (TPSA) is 58.4 Å². The van der Waals surface area contributed by atoms with Gasteiger partial charge in [-0.15, -0.1) is 0 Å². The van der Waals surface area contributed by atoms with E-state index in [9.17, 15) is 4.79 Å². The molecule has 0 saturated heterocycles. The van der Waals surface area contributed by atoms with Crippen molar-refractivity contribution in [1.29, 1.82) is 0 Å². The lowest BCUT2D eigenvalue weighted by molar-refractivity contribution is 0.102. The van der Waals surface area contributed by atoms with Crippen molar-refractivity contribution in [2.75, 3.05) is 30.0 Å². The number of nitrogen functional groups attached to an aromatic ring is 1. The van der Waals surface area contributed by atoms with Gasteiger partial charge in [0.25, 0.3) is 5.91 Å². The molecule has 2 aromatic rings. The second kappa shape index (κ2) is 6.18. The number of rotatable bonds is 3. The van der Waals surface area contributed by atoms with E-state index in [4.69, 9.17) is 5.73 Å². The lowest BCUT2D eigenvalue weighted by Gasteiger charge is -2.15. The summed E-state index contributed by atoms with van der Waals surface area (Å²) in [4.78, 5) is 14.3. The summed E-state index contributed by atoms with van der Waals surface area (Å²) in [6, 6.07) is 11.1. The molecule has 0 bridgehead atoms. The van der Waals surface area contributed by atoms with Gasteiger partial charge in [0.05, 0.1) is 11.4 Å². The molecule has 3 N–H and O–H groups in total. The Kier molecular flexibility index (Phi) is 4.53. The molecule has 0 saturated carbocycles. The van der Waals surface area contributed by atoms with Crippen LogP contribution in [-0.2, 0) is 0 Å². The Morgan fingerprint density at radius 2 is 1.95 bits per heavy atom. The van der Waals surface area contributed by atoms with Crippen LogP contribution in [0.3, 0.4) is 0 Å². The second-order valence-electron chi connectivity index (χ2n) is 5.09. The fourth-order valence-electron chi connectivity index (χ4n) is 2.05. The number of aryl methyl sites for hydroxylation is 1. The molecule has 0 radical (unpaired) electrons. The van der Waals surface area contributed by atoms with Gasteiger partial charge in [-0.05, 0) is 42.8 Å². The predicted octanol–water partition coefficient (Wildman–Crippen LogP) is 3.66. The normalized spacial score (nSPS) is 10.3. The van der Waals surface area contributed by atoms with Crippen LogP contribution in [0, 0.1) is 6.92 Å². The molecule has 0 aliphatic carbocycles. The average Bonchev–Trinajstić information content (AvgIpc) is 2.42. The summed E-state index contributed by atoms with van der Waals surface area (Å²) in [6.07, 6.45) is 0. The van der Waals surface area contributed by atoms with Crippen LogP contribution in [-0.4, -0.2) is 20.0 Å². The number of nitrogens with one attached hydrogen (secondary N) is 1. The highest BCUT2D eigenvalue weighted by molar-refractivity contribution is 9.10. The van der Waals surface area contributed by atoms with Gasteiger partial charge in [-0.25, -0.2) is 0 Å². The van der Waals surface area contributed by atoms with E-state index < -0.39 is 0 Å². The van der Waals surface area contributed by atoms with Crippen LogP contribution < -0.4 is 16.0 Å². The molecular weight excluding hydrogens is 330 g/mol. The Morgan fingerprint density at radius 3 is 2.57 bits per heavy atom. The summed E-state index contributed by atoms with van der Waals surface area (Å²) in [5.74, 6) is -0.171. The number of anilines is 3. The van der Waals surface area contributed by atoms with E-state index in [1.807, 2.05) is 50.2 Å². The van der Waals surface area contributed by atoms with E-state index in [2.05, 4.69) is 21.2 Å². The largest absolute Gasteiger partial charge is 0.397 e. The molecule has 0 aliphatic rings. The van der Waals surface area contributed by atoms with Gasteiger partial charge in [0.1, 0.15) is 0 Å². The third kappa shape index (κ3) is 3.55. The molecule has 4 nitrogen and oxygen atoms in total. The molecule has 0 heterocycles. The standard InChI is InChI=1S/C16H18BrN3O/c1-10-7-12(17)9-14(18)15(10)19-16(21)11-5-4-6-13(8-11)20(2)3/h4-9H,18H2,1-3H3,(H,19,21). The third-order valence-corrected chi connectivity index (χ3v) is 3.65. The molecule has 0 atom stereocenters. The molecule has 0 fully saturated rings. The Labute approximate surface area is 133 Å². The molecular formula is C16H18BrN3O. The van der Waals surface area contributed by atoms with Crippen molar-refractivity contribution in [2.24, 2.45) is 0 Å². The van der Waals surface area contributed by atoms with E-state index in [0.717, 1.165) is 15.7 Å². The van der Waals surface area contributed by atoms with Crippen LogP contribution in [0.5, 0.6) is 0 Å². The van der Waals surface area contributed by atoms with Crippen LogP contribution in [0.1, 0.15) is 15.9 Å². The molecule has 2 aromatic carbocycles. The lowest BCUT2D eigenvalue weighted by atomic mass is 10.1. The molecule has 0 aliphatic heterocycles. The first-order valence-electron chi connectivity index (χ1n) is 6.53. The Balaban J connectivity index is 2.28. The van der Waals surface area contributed by atoms with Gasteiger partial charge in [0.2, 0.25) is 0 Å². The molecule has 1 amide bonds. The summed E-state index contributed by atoms with van der Waals surface area (Å²) < 4.78 is 0.894. The first-order valence-corrected chi connectivity index (χ1v) is 7.32. The van der Waals surface area contributed by atoms with Crippen molar-refractivity contribution >= 4 is 38.9 Å². The molecule has 2 rings (SSSR count). The average molecular weight is 348 g/mol. The van der Waals surface area contributed by atoms with Crippen LogP contribution in [0.2, 0.25) is 0 Å². The Bertz CT molecular complexity index is 660. The SMILES string of the molecule is Cc1cc(Br)cc(N)c1NC(=O)c1cccc(N(C)C)c1. The summed E-state index contributed by atoms with van der Waals surface area (Å²) in [5.41, 5.74) is 9.66. The van der Waals surface area contributed by atoms with E-state index in [1.54, 1.807) is 12.1 Å². The summed E-state index contributed by atoms with van der Waals surface area (Å²) in [7, 11) is 3.88. The summed E-state index contributed by atoms with van der Waals surface area (Å²) in [5, 5.41) is 2.88. The Morgan fingerprint density at radius 1 is 1.24 bits per heavy atom. The molecule has 0 spiro atoms. The number of carbonyl (C=O) groups is 1. The number of nitrogens with two attached hydrogens (primary N) is 1. The monoisotopic (exact) mass is 347 g/mol. The maximum Gasteiger partial charge on any atom is 0.255 e. The first-order chi connectivity index (χ1) is 9.88. The van der Waals surface area contributed by atoms with Crippen molar-refractivity contribution in [2.45, 2.75) is 6.92 Å². The minimum absolute atomic E-state index is 0.171. The van der Waals surface area contributed by atoms with Gasteiger partial charge in [0.15, 0.2) is 0 Å². The number of halogens is 1. The van der Waals surface area contributed by atoms with Crippen LogP contribution in [0.25, 0.3) is 0 Å². The summed E-state index contributed by atoms with van der Waals surface area (Å²) in [6.45, 7) is 1.91. The predicted molar refractivity (Wildman–Crippen MR) is 92.0 cm³/mol. The number of benzene rings is 2. The molecule has 110 valence electrons. The zero-order valence-electron chi connectivity index (χ0n) is 12.3. The smallest absolute Gasteiger partial charge is 0.255 e. The van der Waals surface area contributed by atoms with E-state index in [-0.39, 0.29) is 5.91 Å². The minimum Gasteiger partial charge on any atom is -0.397 e. The summed E-state index contributed by atoms with van der Waals surface area (Å²) >= 11 is 3.39. The lowest BCUT2D eigenvalue weighted by Crippen LogP contribution is -2.15. The number of amides is 1. The number of hydrogen-bond donors (Lipinski definition) is 2. The fourth-order valence-corrected chi connectivity index (χ4v) is 2.64. The molecule has 21 heavy (non-hydrogen) atoms. The molecule has 0 aromatic heterocycles.